The van der Waals surface area contributed by atoms with E-state index in [1.54, 1.807) is 19.1 Å². The first-order valence-electron chi connectivity index (χ1n) is 5.18. The summed E-state index contributed by atoms with van der Waals surface area (Å²) in [6, 6.07) is 1.44. The Kier molecular flexibility index (Phi) is 4.28. The number of nitrogens with two attached hydrogens (primary N) is 1. The molecule has 6 nitrogen and oxygen atoms in total. The van der Waals surface area contributed by atoms with Gasteiger partial charge in [-0.05, 0) is 13.0 Å². The molecule has 6 heteroatoms. The van der Waals surface area contributed by atoms with E-state index in [-0.39, 0.29) is 17.3 Å². The molecule has 1 atom stereocenters. The molecule has 0 spiro atoms. The van der Waals surface area contributed by atoms with Crippen molar-refractivity contribution in [3.05, 3.63) is 17.8 Å². The monoisotopic (exact) mass is 239 g/mol. The van der Waals surface area contributed by atoms with Gasteiger partial charge in [0.25, 0.3) is 0 Å². The van der Waals surface area contributed by atoms with Gasteiger partial charge in [0.2, 0.25) is 0 Å². The lowest BCUT2D eigenvalue weighted by Gasteiger charge is -2.26. The lowest BCUT2D eigenvalue weighted by atomic mass is 10.2. The van der Waals surface area contributed by atoms with Crippen molar-refractivity contribution in [3.8, 4) is 0 Å². The Hall–Kier alpha value is -1.82. The van der Waals surface area contributed by atoms with Crippen LogP contribution in [0.3, 0.4) is 0 Å². The van der Waals surface area contributed by atoms with E-state index in [4.69, 9.17) is 15.6 Å². The molecule has 0 amide bonds. The average Bonchev–Trinajstić information content (AvgIpc) is 2.28. The fourth-order valence-corrected chi connectivity index (χ4v) is 1.49. The number of nitrogens with zero attached hydrogens (tertiary/aromatic N) is 2. The Morgan fingerprint density at radius 1 is 1.71 bits per heavy atom. The predicted molar refractivity (Wildman–Crippen MR) is 65.3 cm³/mol. The third-order valence-electron chi connectivity index (χ3n) is 2.60. The van der Waals surface area contributed by atoms with E-state index >= 15 is 0 Å². The molecule has 94 valence electrons. The van der Waals surface area contributed by atoms with E-state index in [9.17, 15) is 4.79 Å². The van der Waals surface area contributed by atoms with Gasteiger partial charge in [-0.3, -0.25) is 0 Å². The zero-order valence-electron chi connectivity index (χ0n) is 10.2. The number of methoxy groups -OCH3 is 1. The molecule has 1 aromatic rings. The smallest absolute Gasteiger partial charge is 0.337 e. The third-order valence-corrected chi connectivity index (χ3v) is 2.60. The second-order valence-electron chi connectivity index (χ2n) is 3.82. The van der Waals surface area contributed by atoms with Gasteiger partial charge in [0, 0.05) is 20.4 Å². The van der Waals surface area contributed by atoms with Crippen molar-refractivity contribution in [2.75, 3.05) is 31.4 Å². The SMILES string of the molecule is COCC(C)N(C)c1nccc(C(=O)O)c1N. The lowest BCUT2D eigenvalue weighted by Crippen LogP contribution is -2.34. The van der Waals surface area contributed by atoms with Crippen LogP contribution in [0.15, 0.2) is 12.3 Å². The lowest BCUT2D eigenvalue weighted by molar-refractivity contribution is 0.0698. The van der Waals surface area contributed by atoms with Crippen LogP contribution in [0.4, 0.5) is 11.5 Å². The maximum Gasteiger partial charge on any atom is 0.337 e. The number of pyridine rings is 1. The first kappa shape index (κ1) is 13.2. The van der Waals surface area contributed by atoms with Crippen LogP contribution in [-0.4, -0.2) is 42.9 Å². The molecular formula is C11H17N3O3. The van der Waals surface area contributed by atoms with Gasteiger partial charge in [0.05, 0.1) is 23.9 Å². The number of likely N-dealkylation sites (N-methyl/N-ethyl adjacent to an activating group) is 1. The predicted octanol–water partition coefficient (Wildman–Crippen LogP) is 0.833. The quantitative estimate of drug-likeness (QED) is 0.791. The van der Waals surface area contributed by atoms with Gasteiger partial charge in [-0.25, -0.2) is 9.78 Å². The van der Waals surface area contributed by atoms with E-state index in [0.29, 0.717) is 12.4 Å². The number of aromatic nitrogens is 1. The second-order valence-corrected chi connectivity index (χ2v) is 3.82. The van der Waals surface area contributed by atoms with Gasteiger partial charge in [-0.1, -0.05) is 0 Å². The van der Waals surface area contributed by atoms with Gasteiger partial charge in [-0.15, -0.1) is 0 Å². The van der Waals surface area contributed by atoms with Gasteiger partial charge in [0.1, 0.15) is 0 Å². The summed E-state index contributed by atoms with van der Waals surface area (Å²) in [6.07, 6.45) is 1.44. The molecule has 1 aromatic heterocycles. The Morgan fingerprint density at radius 3 is 2.88 bits per heavy atom. The van der Waals surface area contributed by atoms with Crippen molar-refractivity contribution in [2.45, 2.75) is 13.0 Å². The fourth-order valence-electron chi connectivity index (χ4n) is 1.49. The standard InChI is InChI=1S/C11H17N3O3/c1-7(6-17-3)14(2)10-9(12)8(11(15)16)4-5-13-10/h4-5,7H,6,12H2,1-3H3,(H,15,16). The molecule has 0 saturated heterocycles. The number of carboxylic acids is 1. The van der Waals surface area contributed by atoms with Crippen LogP contribution < -0.4 is 10.6 Å². The number of nitrogen functional groups attached to an aromatic ring is 1. The van der Waals surface area contributed by atoms with E-state index in [0.717, 1.165) is 0 Å². The molecule has 1 heterocycles. The third kappa shape index (κ3) is 2.85. The number of hydrogen-bond acceptors (Lipinski definition) is 5. The summed E-state index contributed by atoms with van der Waals surface area (Å²) in [5.41, 5.74) is 6.03. The first-order chi connectivity index (χ1) is 7.99. The first-order valence-corrected chi connectivity index (χ1v) is 5.18. The maximum atomic E-state index is 10.9. The number of rotatable bonds is 5. The average molecular weight is 239 g/mol. The number of ether oxygens (including phenoxy) is 1. The molecule has 0 aliphatic heterocycles. The Balaban J connectivity index is 3.06. The summed E-state index contributed by atoms with van der Waals surface area (Å²) in [5.74, 6) is -0.603. The van der Waals surface area contributed by atoms with Gasteiger partial charge < -0.3 is 20.5 Å². The van der Waals surface area contributed by atoms with Crippen LogP contribution in [-0.2, 0) is 4.74 Å². The minimum Gasteiger partial charge on any atom is -0.478 e. The zero-order valence-corrected chi connectivity index (χ0v) is 10.2. The minimum absolute atomic E-state index is 0.0545. The topological polar surface area (TPSA) is 88.7 Å². The minimum atomic E-state index is -1.06. The maximum absolute atomic E-state index is 10.9. The molecule has 0 radical (unpaired) electrons. The highest BCUT2D eigenvalue weighted by Gasteiger charge is 2.18. The zero-order chi connectivity index (χ0) is 13.0. The van der Waals surface area contributed by atoms with E-state index in [1.165, 1.54) is 12.3 Å². The molecule has 3 N–H and O–H groups in total. The second kappa shape index (κ2) is 5.49. The van der Waals surface area contributed by atoms with Crippen LogP contribution in [0.25, 0.3) is 0 Å². The molecule has 17 heavy (non-hydrogen) atoms. The van der Waals surface area contributed by atoms with Crippen LogP contribution in [0, 0.1) is 0 Å². The summed E-state index contributed by atoms with van der Waals surface area (Å²) in [6.45, 7) is 2.45. The van der Waals surface area contributed by atoms with E-state index < -0.39 is 5.97 Å². The molecule has 0 fully saturated rings. The van der Waals surface area contributed by atoms with Gasteiger partial charge in [0.15, 0.2) is 5.82 Å². The van der Waals surface area contributed by atoms with Crippen molar-refractivity contribution in [1.29, 1.82) is 0 Å². The Morgan fingerprint density at radius 2 is 2.35 bits per heavy atom. The fraction of sp³-hybridized carbons (Fsp3) is 0.455. The van der Waals surface area contributed by atoms with Gasteiger partial charge >= 0.3 is 5.97 Å². The summed E-state index contributed by atoms with van der Waals surface area (Å²) in [4.78, 5) is 16.8. The highest BCUT2D eigenvalue weighted by atomic mass is 16.5. The molecule has 1 rings (SSSR count). The number of aromatic carboxylic acids is 1. The summed E-state index contributed by atoms with van der Waals surface area (Å²) in [5, 5.41) is 8.96. The highest BCUT2D eigenvalue weighted by Crippen LogP contribution is 2.24. The van der Waals surface area contributed by atoms with Crippen molar-refractivity contribution in [3.63, 3.8) is 0 Å². The molecule has 0 saturated carbocycles. The van der Waals surface area contributed by atoms with Crippen LogP contribution in [0.5, 0.6) is 0 Å². The van der Waals surface area contributed by atoms with E-state index in [2.05, 4.69) is 4.98 Å². The summed E-state index contributed by atoms with van der Waals surface area (Å²) in [7, 11) is 3.41. The molecule has 0 aliphatic carbocycles. The Bertz CT molecular complexity index is 409. The highest BCUT2D eigenvalue weighted by molar-refractivity contribution is 5.96. The molecule has 0 aromatic carbocycles. The Labute approximate surface area is 100 Å². The largest absolute Gasteiger partial charge is 0.478 e. The van der Waals surface area contributed by atoms with Crippen LogP contribution in [0.1, 0.15) is 17.3 Å². The van der Waals surface area contributed by atoms with Crippen molar-refractivity contribution in [1.82, 2.24) is 4.98 Å². The molecule has 1 unspecified atom stereocenters. The van der Waals surface area contributed by atoms with Crippen LogP contribution >= 0.6 is 0 Å². The number of carboxylic acid groups (broad SMARTS) is 1. The van der Waals surface area contributed by atoms with Crippen molar-refractivity contribution < 1.29 is 14.6 Å². The summed E-state index contributed by atoms with van der Waals surface area (Å²) >= 11 is 0. The number of hydrogen-bond donors (Lipinski definition) is 2. The molecule has 0 bridgehead atoms. The molecule has 0 aliphatic rings. The van der Waals surface area contributed by atoms with Gasteiger partial charge in [-0.2, -0.15) is 0 Å². The summed E-state index contributed by atoms with van der Waals surface area (Å²) < 4.78 is 5.04. The number of anilines is 2. The normalized spacial score (nSPS) is 12.2. The molecular weight excluding hydrogens is 222 g/mol. The van der Waals surface area contributed by atoms with E-state index in [1.807, 2.05) is 6.92 Å². The van der Waals surface area contributed by atoms with Crippen molar-refractivity contribution >= 4 is 17.5 Å². The number of carbonyl (C=O) groups is 1. The van der Waals surface area contributed by atoms with Crippen LogP contribution in [0.2, 0.25) is 0 Å². The van der Waals surface area contributed by atoms with Crippen molar-refractivity contribution in [2.24, 2.45) is 0 Å².